The quantitative estimate of drug-likeness (QED) is 0.271. The van der Waals surface area contributed by atoms with Gasteiger partial charge in [-0.25, -0.2) is 14.4 Å². The zero-order valence-corrected chi connectivity index (χ0v) is 19.0. The summed E-state index contributed by atoms with van der Waals surface area (Å²) in [5.41, 5.74) is 1.60. The highest BCUT2D eigenvalue weighted by molar-refractivity contribution is 14.0. The number of thiophene rings is 1. The third-order valence-electron chi connectivity index (χ3n) is 3.85. The van der Waals surface area contributed by atoms with E-state index in [-0.39, 0.29) is 29.8 Å². The predicted molar refractivity (Wildman–Crippen MR) is 123 cm³/mol. The first-order chi connectivity index (χ1) is 13.1. The molecule has 28 heavy (non-hydrogen) atoms. The van der Waals surface area contributed by atoms with Crippen LogP contribution in [0.25, 0.3) is 11.5 Å². The maximum atomic E-state index is 13.0. The minimum Gasteiger partial charge on any atom is -0.444 e. The van der Waals surface area contributed by atoms with Gasteiger partial charge in [0, 0.05) is 34.8 Å². The molecule has 5 nitrogen and oxygen atoms in total. The molecule has 0 atom stereocenters. The van der Waals surface area contributed by atoms with Crippen molar-refractivity contribution in [2.45, 2.75) is 26.8 Å². The number of aryl methyl sites for hydroxylation is 1. The highest BCUT2D eigenvalue weighted by Gasteiger charge is 2.07. The fourth-order valence-corrected chi connectivity index (χ4v) is 3.34. The largest absolute Gasteiger partial charge is 0.444 e. The normalized spacial score (nSPS) is 11.2. The molecule has 150 valence electrons. The van der Waals surface area contributed by atoms with Crippen LogP contribution in [0.5, 0.6) is 0 Å². The van der Waals surface area contributed by atoms with Crippen molar-refractivity contribution < 1.29 is 8.81 Å². The van der Waals surface area contributed by atoms with Crippen molar-refractivity contribution in [2.24, 2.45) is 4.99 Å². The van der Waals surface area contributed by atoms with E-state index in [1.165, 1.54) is 21.9 Å². The van der Waals surface area contributed by atoms with Crippen LogP contribution in [-0.4, -0.2) is 24.0 Å². The summed E-state index contributed by atoms with van der Waals surface area (Å²) in [6.45, 7) is 6.28. The van der Waals surface area contributed by atoms with Crippen molar-refractivity contribution in [3.05, 3.63) is 63.9 Å². The molecule has 0 saturated heterocycles. The molecular formula is C20H24FIN4OS. The average molecular weight is 514 g/mol. The first kappa shape index (κ1) is 22.4. The van der Waals surface area contributed by atoms with E-state index in [2.05, 4.69) is 39.7 Å². The number of halogens is 2. The van der Waals surface area contributed by atoms with Gasteiger partial charge in [0.1, 0.15) is 12.1 Å². The summed E-state index contributed by atoms with van der Waals surface area (Å²) >= 11 is 1.76. The van der Waals surface area contributed by atoms with Gasteiger partial charge in [-0.15, -0.1) is 35.3 Å². The summed E-state index contributed by atoms with van der Waals surface area (Å²) in [5, 5.41) is 6.56. The van der Waals surface area contributed by atoms with Gasteiger partial charge < -0.3 is 15.1 Å². The molecule has 0 unspecified atom stereocenters. The molecular weight excluding hydrogens is 490 g/mol. The number of nitrogens with one attached hydrogen (secondary N) is 2. The molecule has 0 saturated carbocycles. The highest BCUT2D eigenvalue weighted by atomic mass is 127. The summed E-state index contributed by atoms with van der Waals surface area (Å²) in [7, 11) is 0. The minimum absolute atomic E-state index is 0. The number of aromatic nitrogens is 1. The average Bonchev–Trinajstić information content (AvgIpc) is 3.29. The third-order valence-corrected chi connectivity index (χ3v) is 4.84. The molecule has 3 rings (SSSR count). The maximum Gasteiger partial charge on any atom is 0.226 e. The van der Waals surface area contributed by atoms with Crippen LogP contribution >= 0.6 is 35.3 Å². The van der Waals surface area contributed by atoms with E-state index in [0.29, 0.717) is 25.4 Å². The van der Waals surface area contributed by atoms with E-state index in [0.717, 1.165) is 23.8 Å². The van der Waals surface area contributed by atoms with E-state index in [9.17, 15) is 4.39 Å². The summed E-state index contributed by atoms with van der Waals surface area (Å²) < 4.78 is 18.5. The minimum atomic E-state index is -0.275. The Hall–Kier alpha value is -1.94. The Bertz CT molecular complexity index is 892. The fourth-order valence-electron chi connectivity index (χ4n) is 2.52. The van der Waals surface area contributed by atoms with E-state index < -0.39 is 0 Å². The number of nitrogens with zero attached hydrogens (tertiary/aromatic N) is 2. The Kier molecular flexibility index (Phi) is 8.91. The van der Waals surface area contributed by atoms with E-state index in [1.54, 1.807) is 29.7 Å². The van der Waals surface area contributed by atoms with Crippen LogP contribution in [0.2, 0.25) is 0 Å². The van der Waals surface area contributed by atoms with Crippen molar-refractivity contribution in [3.8, 4) is 11.5 Å². The monoisotopic (exact) mass is 514 g/mol. The molecule has 0 amide bonds. The van der Waals surface area contributed by atoms with Crippen LogP contribution in [-0.2, 0) is 13.0 Å². The molecule has 2 heterocycles. The lowest BCUT2D eigenvalue weighted by Gasteiger charge is -2.10. The highest BCUT2D eigenvalue weighted by Crippen LogP contribution is 2.19. The standard InChI is InChI=1S/C20H23FN4OS.HI/c1-3-22-20(24-12-18-9-4-14(2)27-18)23-11-10-17-13-26-19(25-17)15-5-7-16(21)8-6-15;/h4-9,13H,3,10-12H2,1-2H3,(H2,22,23,24);1H. The van der Waals surface area contributed by atoms with Crippen molar-refractivity contribution in [2.75, 3.05) is 13.1 Å². The Morgan fingerprint density at radius 3 is 2.64 bits per heavy atom. The third kappa shape index (κ3) is 6.59. The van der Waals surface area contributed by atoms with E-state index in [4.69, 9.17) is 4.42 Å². The SMILES string of the molecule is CCNC(=NCc1ccc(C)s1)NCCc1coc(-c2ccc(F)cc2)n1.I. The number of hydrogen-bond donors (Lipinski definition) is 2. The molecule has 3 aromatic rings. The molecule has 0 fully saturated rings. The number of hydrogen-bond acceptors (Lipinski definition) is 4. The van der Waals surface area contributed by atoms with Crippen molar-refractivity contribution in [1.82, 2.24) is 15.6 Å². The lowest BCUT2D eigenvalue weighted by molar-refractivity contribution is 0.571. The Labute approximate surface area is 185 Å². The molecule has 1 aromatic carbocycles. The summed E-state index contributed by atoms with van der Waals surface area (Å²) in [6.07, 6.45) is 2.34. The number of benzene rings is 1. The zero-order valence-electron chi connectivity index (χ0n) is 15.9. The topological polar surface area (TPSA) is 62.5 Å². The summed E-state index contributed by atoms with van der Waals surface area (Å²) in [6, 6.07) is 10.3. The van der Waals surface area contributed by atoms with Crippen LogP contribution in [0.4, 0.5) is 4.39 Å². The fraction of sp³-hybridized carbons (Fsp3) is 0.300. The smallest absolute Gasteiger partial charge is 0.226 e. The Morgan fingerprint density at radius 1 is 1.18 bits per heavy atom. The van der Waals surface area contributed by atoms with Crippen LogP contribution in [0.15, 0.2) is 52.1 Å². The van der Waals surface area contributed by atoms with Gasteiger partial charge in [-0.05, 0) is 50.2 Å². The molecule has 0 spiro atoms. The van der Waals surface area contributed by atoms with Gasteiger partial charge in [0.05, 0.1) is 12.2 Å². The van der Waals surface area contributed by atoms with Crippen molar-refractivity contribution >= 4 is 41.3 Å². The molecule has 8 heteroatoms. The summed E-state index contributed by atoms with van der Waals surface area (Å²) in [4.78, 5) is 11.6. The predicted octanol–water partition coefficient (Wildman–Crippen LogP) is 4.77. The van der Waals surface area contributed by atoms with Crippen LogP contribution in [0.3, 0.4) is 0 Å². The van der Waals surface area contributed by atoms with Crippen LogP contribution in [0, 0.1) is 12.7 Å². The van der Waals surface area contributed by atoms with Crippen molar-refractivity contribution in [1.29, 1.82) is 0 Å². The zero-order chi connectivity index (χ0) is 19.1. The lowest BCUT2D eigenvalue weighted by atomic mass is 10.2. The van der Waals surface area contributed by atoms with Crippen LogP contribution in [0.1, 0.15) is 22.4 Å². The van der Waals surface area contributed by atoms with Crippen LogP contribution < -0.4 is 10.6 Å². The maximum absolute atomic E-state index is 13.0. The van der Waals surface area contributed by atoms with Gasteiger partial charge in [0.15, 0.2) is 5.96 Å². The summed E-state index contributed by atoms with van der Waals surface area (Å²) in [5.74, 6) is 1.01. The van der Waals surface area contributed by atoms with Gasteiger partial charge in [-0.2, -0.15) is 0 Å². The first-order valence-corrected chi connectivity index (χ1v) is 9.73. The van der Waals surface area contributed by atoms with E-state index >= 15 is 0 Å². The molecule has 0 aliphatic carbocycles. The Morgan fingerprint density at radius 2 is 1.96 bits per heavy atom. The molecule has 2 N–H and O–H groups in total. The molecule has 0 aliphatic rings. The number of oxazole rings is 1. The number of aliphatic imine (C=N–C) groups is 1. The number of guanidine groups is 1. The Balaban J connectivity index is 0.00000280. The second-order valence-electron chi connectivity index (χ2n) is 6.04. The lowest BCUT2D eigenvalue weighted by Crippen LogP contribution is -2.38. The van der Waals surface area contributed by atoms with Gasteiger partial charge in [0.25, 0.3) is 0 Å². The van der Waals surface area contributed by atoms with Crippen molar-refractivity contribution in [3.63, 3.8) is 0 Å². The molecule has 0 aliphatic heterocycles. The second kappa shape index (κ2) is 11.2. The number of rotatable bonds is 7. The molecule has 0 radical (unpaired) electrons. The first-order valence-electron chi connectivity index (χ1n) is 8.92. The van der Waals surface area contributed by atoms with Gasteiger partial charge >= 0.3 is 0 Å². The van der Waals surface area contributed by atoms with Gasteiger partial charge in [-0.3, -0.25) is 0 Å². The van der Waals surface area contributed by atoms with E-state index in [1.807, 2.05) is 6.92 Å². The second-order valence-corrected chi connectivity index (χ2v) is 7.41. The molecule has 0 bridgehead atoms. The molecule has 2 aromatic heterocycles. The van der Waals surface area contributed by atoms with Gasteiger partial charge in [0.2, 0.25) is 5.89 Å². The van der Waals surface area contributed by atoms with Gasteiger partial charge in [-0.1, -0.05) is 0 Å².